The molecule has 1 rings (SSSR count). The second-order valence-corrected chi connectivity index (χ2v) is 3.49. The van der Waals surface area contributed by atoms with E-state index in [1.807, 2.05) is 0 Å². The molecule has 2 nitrogen and oxygen atoms in total. The summed E-state index contributed by atoms with van der Waals surface area (Å²) in [4.78, 5) is 0. The van der Waals surface area contributed by atoms with E-state index in [4.69, 9.17) is 2.74 Å². The van der Waals surface area contributed by atoms with E-state index in [9.17, 15) is 8.42 Å². The van der Waals surface area contributed by atoms with Crippen LogP contribution >= 0.6 is 0 Å². The first-order valence-electron chi connectivity index (χ1n) is 3.18. The van der Waals surface area contributed by atoms with Gasteiger partial charge in [0, 0.05) is 2.74 Å². The highest BCUT2D eigenvalue weighted by molar-refractivity contribution is 7.91. The molecule has 1 heterocycles. The molecule has 1 fully saturated rings. The van der Waals surface area contributed by atoms with Gasteiger partial charge in [-0.2, -0.15) is 0 Å². The molecule has 0 unspecified atom stereocenters. The van der Waals surface area contributed by atoms with Crippen LogP contribution in [0, 0.1) is 0 Å². The van der Waals surface area contributed by atoms with E-state index in [0.29, 0.717) is 6.42 Å². The van der Waals surface area contributed by atoms with Crippen molar-refractivity contribution >= 4 is 9.84 Å². The molecular formula is C4H8O2S. The van der Waals surface area contributed by atoms with Crippen LogP contribution in [0.5, 0.6) is 0 Å². The lowest BCUT2D eigenvalue weighted by Gasteiger charge is -1.81. The molecule has 0 N–H and O–H groups in total. The Morgan fingerprint density at radius 1 is 1.43 bits per heavy atom. The molecule has 3 heteroatoms. The first-order valence-corrected chi connectivity index (χ1v) is 3.83. The third-order valence-electron chi connectivity index (χ3n) is 0.912. The van der Waals surface area contributed by atoms with Crippen molar-refractivity contribution < 1.29 is 11.2 Å². The fraction of sp³-hybridized carbons (Fsp3) is 1.00. The Morgan fingerprint density at radius 3 is 2.29 bits per heavy atom. The van der Waals surface area contributed by atoms with E-state index in [1.165, 1.54) is 0 Å². The van der Waals surface area contributed by atoms with Gasteiger partial charge in [0.2, 0.25) is 0 Å². The standard InChI is InChI=1S/C4H8O2S/c5-7(6)3-1-2-4-7/h1-4H2/i3D2. The molecule has 0 aromatic carbocycles. The molecule has 0 saturated carbocycles. The summed E-state index contributed by atoms with van der Waals surface area (Å²) < 4.78 is 35.4. The minimum absolute atomic E-state index is 0.0139. The molecule has 0 atom stereocenters. The molecule has 7 heavy (non-hydrogen) atoms. The fourth-order valence-corrected chi connectivity index (χ4v) is 1.69. The highest BCUT2D eigenvalue weighted by Crippen LogP contribution is 2.08. The average Bonchev–Trinajstić information content (AvgIpc) is 1.81. The Bertz CT molecular complexity index is 207. The summed E-state index contributed by atoms with van der Waals surface area (Å²) in [5.74, 6) is 0.0139. The molecule has 0 aromatic heterocycles. The van der Waals surface area contributed by atoms with E-state index < -0.39 is 15.5 Å². The van der Waals surface area contributed by atoms with Crippen molar-refractivity contribution in [1.29, 1.82) is 0 Å². The first kappa shape index (κ1) is 3.07. The molecule has 0 amide bonds. The lowest BCUT2D eigenvalue weighted by Crippen LogP contribution is -1.98. The van der Waals surface area contributed by atoms with E-state index in [1.54, 1.807) is 0 Å². The smallest absolute Gasteiger partial charge is 0.150 e. The maximum atomic E-state index is 10.7. The Morgan fingerprint density at radius 2 is 2.14 bits per heavy atom. The lowest BCUT2D eigenvalue weighted by molar-refractivity contribution is 0.602. The second kappa shape index (κ2) is 1.47. The molecule has 42 valence electrons. The Hall–Kier alpha value is -0.0500. The molecule has 1 saturated heterocycles. The van der Waals surface area contributed by atoms with Gasteiger partial charge in [0.1, 0.15) is 9.84 Å². The summed E-state index contributed by atoms with van der Waals surface area (Å²) in [6.07, 6.45) is 0.630. The number of sulfone groups is 1. The normalized spacial score (nSPS) is 39.4. The van der Waals surface area contributed by atoms with Gasteiger partial charge in [-0.3, -0.25) is 0 Å². The maximum Gasteiger partial charge on any atom is 0.150 e. The summed E-state index contributed by atoms with van der Waals surface area (Å²) in [5.41, 5.74) is -1.94. The van der Waals surface area contributed by atoms with Crippen molar-refractivity contribution in [2.45, 2.75) is 12.8 Å². The molecule has 1 aliphatic rings. The van der Waals surface area contributed by atoms with Crippen molar-refractivity contribution in [2.75, 3.05) is 11.5 Å². The highest BCUT2D eigenvalue weighted by atomic mass is 32.2. The third-order valence-corrected chi connectivity index (χ3v) is 2.38. The van der Waals surface area contributed by atoms with Crippen LogP contribution in [0.4, 0.5) is 0 Å². The molecule has 1 aliphatic heterocycles. The zero-order valence-corrected chi connectivity index (χ0v) is 4.66. The summed E-state index contributed by atoms with van der Waals surface area (Å²) in [6, 6.07) is 0. The van der Waals surface area contributed by atoms with Gasteiger partial charge >= 0.3 is 0 Å². The molecule has 0 aliphatic carbocycles. The van der Waals surface area contributed by atoms with Gasteiger partial charge in [-0.05, 0) is 12.8 Å². The summed E-state index contributed by atoms with van der Waals surface area (Å²) in [5, 5.41) is 0. The van der Waals surface area contributed by atoms with Gasteiger partial charge in [-0.15, -0.1) is 0 Å². The molecule has 0 bridgehead atoms. The summed E-state index contributed by atoms with van der Waals surface area (Å²) >= 11 is 0. The second-order valence-electron chi connectivity index (χ2n) is 1.57. The van der Waals surface area contributed by atoms with E-state index >= 15 is 0 Å². The van der Waals surface area contributed by atoms with Gasteiger partial charge in [0.15, 0.2) is 0 Å². The van der Waals surface area contributed by atoms with Gasteiger partial charge in [-0.1, -0.05) is 0 Å². The average molecular weight is 122 g/mol. The minimum atomic E-state index is -3.39. The van der Waals surface area contributed by atoms with Crippen LogP contribution < -0.4 is 0 Å². The molecule has 0 radical (unpaired) electrons. The monoisotopic (exact) mass is 122 g/mol. The van der Waals surface area contributed by atoms with E-state index in [2.05, 4.69) is 0 Å². The van der Waals surface area contributed by atoms with Crippen LogP contribution in [0.2, 0.25) is 0 Å². The van der Waals surface area contributed by atoms with Crippen molar-refractivity contribution in [3.8, 4) is 0 Å². The highest BCUT2D eigenvalue weighted by Gasteiger charge is 2.16. The predicted molar refractivity (Wildman–Crippen MR) is 27.9 cm³/mol. The zero-order valence-electron chi connectivity index (χ0n) is 5.85. The van der Waals surface area contributed by atoms with Gasteiger partial charge in [-0.25, -0.2) is 8.42 Å². The Kier molecular flexibility index (Phi) is 0.646. The maximum absolute atomic E-state index is 10.7. The SMILES string of the molecule is [2H]C1([2H])CCCS1(=O)=O. The predicted octanol–water partition coefficient (Wildman–Crippen LogP) is 0.195. The molecule has 0 aromatic rings. The van der Waals surface area contributed by atoms with Crippen LogP contribution in [0.1, 0.15) is 15.6 Å². The fourth-order valence-electron chi connectivity index (χ4n) is 0.562. The van der Waals surface area contributed by atoms with E-state index in [0.717, 1.165) is 0 Å². The van der Waals surface area contributed by atoms with Crippen LogP contribution in [-0.4, -0.2) is 19.9 Å². The lowest BCUT2D eigenvalue weighted by atomic mass is 10.4. The summed E-state index contributed by atoms with van der Waals surface area (Å²) in [7, 11) is -3.39. The largest absolute Gasteiger partial charge is 0.229 e. The van der Waals surface area contributed by atoms with Crippen molar-refractivity contribution in [3.05, 3.63) is 0 Å². The number of rotatable bonds is 0. The van der Waals surface area contributed by atoms with Gasteiger partial charge < -0.3 is 0 Å². The number of hydrogen-bond donors (Lipinski definition) is 0. The number of hydrogen-bond acceptors (Lipinski definition) is 2. The zero-order chi connectivity index (χ0) is 7.12. The molecule has 0 spiro atoms. The van der Waals surface area contributed by atoms with Crippen LogP contribution in [0.3, 0.4) is 0 Å². The van der Waals surface area contributed by atoms with Crippen molar-refractivity contribution in [3.63, 3.8) is 0 Å². The van der Waals surface area contributed by atoms with Gasteiger partial charge in [0.05, 0.1) is 11.5 Å². The Balaban J connectivity index is 3.03. The van der Waals surface area contributed by atoms with Gasteiger partial charge in [0.25, 0.3) is 0 Å². The van der Waals surface area contributed by atoms with Crippen LogP contribution in [-0.2, 0) is 9.84 Å². The Labute approximate surface area is 46.3 Å². The topological polar surface area (TPSA) is 34.1 Å². The van der Waals surface area contributed by atoms with Crippen LogP contribution in [0.25, 0.3) is 0 Å². The third kappa shape index (κ3) is 1.16. The van der Waals surface area contributed by atoms with Crippen LogP contribution in [0.15, 0.2) is 0 Å². The van der Waals surface area contributed by atoms with Crippen molar-refractivity contribution in [2.24, 2.45) is 0 Å². The van der Waals surface area contributed by atoms with E-state index in [-0.39, 0.29) is 12.2 Å². The first-order chi connectivity index (χ1) is 3.96. The van der Waals surface area contributed by atoms with Crippen molar-refractivity contribution in [1.82, 2.24) is 0 Å². The summed E-state index contributed by atoms with van der Waals surface area (Å²) in [6.45, 7) is 0. The molecular weight excluding hydrogens is 112 g/mol. The minimum Gasteiger partial charge on any atom is -0.229 e. The quantitative estimate of drug-likeness (QED) is 0.460.